The zero-order chi connectivity index (χ0) is 13.0. The van der Waals surface area contributed by atoms with Gasteiger partial charge in [0.05, 0.1) is 13.2 Å². The van der Waals surface area contributed by atoms with Crippen LogP contribution in [0.25, 0.3) is 0 Å². The van der Waals surface area contributed by atoms with E-state index in [2.05, 4.69) is 36.9 Å². The van der Waals surface area contributed by atoms with Crippen molar-refractivity contribution in [3.8, 4) is 0 Å². The minimum atomic E-state index is 0.434. The summed E-state index contributed by atoms with van der Waals surface area (Å²) >= 11 is 0. The molecule has 1 atom stereocenters. The van der Waals surface area contributed by atoms with Gasteiger partial charge >= 0.3 is 0 Å². The lowest BCUT2D eigenvalue weighted by molar-refractivity contribution is 0.0353. The zero-order valence-corrected chi connectivity index (χ0v) is 11.5. The Kier molecular flexibility index (Phi) is 4.75. The van der Waals surface area contributed by atoms with Crippen molar-refractivity contribution in [1.29, 1.82) is 0 Å². The number of nitrogens with two attached hydrogens (primary N) is 1. The molecule has 3 heteroatoms. The van der Waals surface area contributed by atoms with Gasteiger partial charge in [-0.25, -0.2) is 0 Å². The number of morpholine rings is 1. The molecule has 2 rings (SSSR count). The van der Waals surface area contributed by atoms with E-state index in [1.165, 1.54) is 16.7 Å². The first-order valence-electron chi connectivity index (χ1n) is 6.78. The van der Waals surface area contributed by atoms with Gasteiger partial charge in [0, 0.05) is 32.1 Å². The number of hydrogen-bond acceptors (Lipinski definition) is 3. The third kappa shape index (κ3) is 3.31. The van der Waals surface area contributed by atoms with Crippen LogP contribution in [0.4, 0.5) is 0 Å². The maximum atomic E-state index is 5.97. The number of hydrogen-bond donors (Lipinski definition) is 1. The average molecular weight is 248 g/mol. The van der Waals surface area contributed by atoms with Gasteiger partial charge in [-0.05, 0) is 25.0 Å². The molecule has 1 heterocycles. The van der Waals surface area contributed by atoms with Crippen LogP contribution in [0.5, 0.6) is 0 Å². The zero-order valence-electron chi connectivity index (χ0n) is 11.5. The van der Waals surface area contributed by atoms with E-state index in [-0.39, 0.29) is 0 Å². The molecule has 2 N–H and O–H groups in total. The van der Waals surface area contributed by atoms with Crippen LogP contribution in [0, 0.1) is 13.8 Å². The second-order valence-electron chi connectivity index (χ2n) is 5.21. The quantitative estimate of drug-likeness (QED) is 0.881. The fourth-order valence-electron chi connectivity index (χ4n) is 2.68. The van der Waals surface area contributed by atoms with E-state index in [0.717, 1.165) is 32.8 Å². The summed E-state index contributed by atoms with van der Waals surface area (Å²) in [5.41, 5.74) is 10.0. The fraction of sp³-hybridized carbons (Fsp3) is 0.600. The SMILES string of the molecule is Cc1ccc(C(CN)CN2CCOCC2)c(C)c1. The summed E-state index contributed by atoms with van der Waals surface area (Å²) < 4.78 is 5.39. The second kappa shape index (κ2) is 6.32. The molecule has 0 amide bonds. The minimum Gasteiger partial charge on any atom is -0.379 e. The van der Waals surface area contributed by atoms with Gasteiger partial charge in [-0.3, -0.25) is 4.90 Å². The van der Waals surface area contributed by atoms with Crippen LogP contribution in [-0.2, 0) is 4.74 Å². The van der Waals surface area contributed by atoms with Crippen LogP contribution in [0.2, 0.25) is 0 Å². The van der Waals surface area contributed by atoms with E-state index >= 15 is 0 Å². The Morgan fingerprint density at radius 2 is 2.00 bits per heavy atom. The molecule has 0 aromatic heterocycles. The highest BCUT2D eigenvalue weighted by Crippen LogP contribution is 2.21. The lowest BCUT2D eigenvalue weighted by atomic mass is 9.93. The predicted molar refractivity (Wildman–Crippen MR) is 75.0 cm³/mol. The van der Waals surface area contributed by atoms with Crippen LogP contribution in [0.1, 0.15) is 22.6 Å². The molecular formula is C15H24N2O. The Balaban J connectivity index is 2.07. The molecule has 1 aromatic carbocycles. The summed E-state index contributed by atoms with van der Waals surface area (Å²) in [4.78, 5) is 2.46. The van der Waals surface area contributed by atoms with E-state index in [1.54, 1.807) is 0 Å². The number of aryl methyl sites for hydroxylation is 2. The molecule has 0 spiro atoms. The van der Waals surface area contributed by atoms with Gasteiger partial charge in [-0.15, -0.1) is 0 Å². The minimum absolute atomic E-state index is 0.434. The van der Waals surface area contributed by atoms with Crippen molar-refractivity contribution in [3.63, 3.8) is 0 Å². The Bertz CT molecular complexity index is 386. The Hall–Kier alpha value is -0.900. The number of benzene rings is 1. The van der Waals surface area contributed by atoms with Crippen LogP contribution in [0.3, 0.4) is 0 Å². The van der Waals surface area contributed by atoms with Crippen molar-refractivity contribution in [2.24, 2.45) is 5.73 Å². The van der Waals surface area contributed by atoms with E-state index in [4.69, 9.17) is 10.5 Å². The van der Waals surface area contributed by atoms with E-state index < -0.39 is 0 Å². The lowest BCUT2D eigenvalue weighted by Gasteiger charge is -2.30. The lowest BCUT2D eigenvalue weighted by Crippen LogP contribution is -2.40. The van der Waals surface area contributed by atoms with Crippen LogP contribution < -0.4 is 5.73 Å². The summed E-state index contributed by atoms with van der Waals surface area (Å²) in [5.74, 6) is 0.434. The van der Waals surface area contributed by atoms with Gasteiger partial charge < -0.3 is 10.5 Å². The maximum Gasteiger partial charge on any atom is 0.0594 e. The van der Waals surface area contributed by atoms with Crippen LogP contribution >= 0.6 is 0 Å². The van der Waals surface area contributed by atoms with Crippen LogP contribution in [-0.4, -0.2) is 44.3 Å². The molecular weight excluding hydrogens is 224 g/mol. The van der Waals surface area contributed by atoms with Crippen molar-refractivity contribution in [2.45, 2.75) is 19.8 Å². The normalized spacial score (nSPS) is 18.8. The van der Waals surface area contributed by atoms with Crippen molar-refractivity contribution in [2.75, 3.05) is 39.4 Å². The topological polar surface area (TPSA) is 38.5 Å². The molecule has 1 aliphatic heterocycles. The maximum absolute atomic E-state index is 5.97. The summed E-state index contributed by atoms with van der Waals surface area (Å²) in [6.07, 6.45) is 0. The highest BCUT2D eigenvalue weighted by Gasteiger charge is 2.18. The smallest absolute Gasteiger partial charge is 0.0594 e. The van der Waals surface area contributed by atoms with Gasteiger partial charge in [0.15, 0.2) is 0 Å². The van der Waals surface area contributed by atoms with Gasteiger partial charge in [0.1, 0.15) is 0 Å². The predicted octanol–water partition coefficient (Wildman–Crippen LogP) is 1.68. The van der Waals surface area contributed by atoms with Crippen molar-refractivity contribution in [1.82, 2.24) is 4.90 Å². The second-order valence-corrected chi connectivity index (χ2v) is 5.21. The molecule has 1 aliphatic rings. The molecule has 18 heavy (non-hydrogen) atoms. The number of ether oxygens (including phenoxy) is 1. The molecule has 3 nitrogen and oxygen atoms in total. The molecule has 1 fully saturated rings. The standard InChI is InChI=1S/C15H24N2O/c1-12-3-4-15(13(2)9-12)14(10-16)11-17-5-7-18-8-6-17/h3-4,9,14H,5-8,10-11,16H2,1-2H3. The molecule has 0 aliphatic carbocycles. The highest BCUT2D eigenvalue weighted by atomic mass is 16.5. The van der Waals surface area contributed by atoms with Gasteiger partial charge in [-0.1, -0.05) is 23.8 Å². The highest BCUT2D eigenvalue weighted by molar-refractivity contribution is 5.33. The number of rotatable bonds is 4. The molecule has 100 valence electrons. The van der Waals surface area contributed by atoms with E-state index in [1.807, 2.05) is 0 Å². The summed E-state index contributed by atoms with van der Waals surface area (Å²) in [5, 5.41) is 0. The largest absolute Gasteiger partial charge is 0.379 e. The van der Waals surface area contributed by atoms with Gasteiger partial charge in [0.25, 0.3) is 0 Å². The first kappa shape index (κ1) is 13.5. The molecule has 1 aromatic rings. The van der Waals surface area contributed by atoms with Crippen LogP contribution in [0.15, 0.2) is 18.2 Å². The van der Waals surface area contributed by atoms with Gasteiger partial charge in [0.2, 0.25) is 0 Å². The molecule has 0 bridgehead atoms. The van der Waals surface area contributed by atoms with Crippen molar-refractivity contribution in [3.05, 3.63) is 34.9 Å². The van der Waals surface area contributed by atoms with Crippen molar-refractivity contribution < 1.29 is 4.74 Å². The third-order valence-corrected chi connectivity index (χ3v) is 3.73. The monoisotopic (exact) mass is 248 g/mol. The van der Waals surface area contributed by atoms with Crippen molar-refractivity contribution >= 4 is 0 Å². The Morgan fingerprint density at radius 3 is 2.61 bits per heavy atom. The Labute approximate surface area is 110 Å². The molecule has 1 unspecified atom stereocenters. The van der Waals surface area contributed by atoms with E-state index in [0.29, 0.717) is 12.5 Å². The third-order valence-electron chi connectivity index (χ3n) is 3.73. The first-order valence-corrected chi connectivity index (χ1v) is 6.78. The fourth-order valence-corrected chi connectivity index (χ4v) is 2.68. The molecule has 0 saturated carbocycles. The van der Waals surface area contributed by atoms with E-state index in [9.17, 15) is 0 Å². The first-order chi connectivity index (χ1) is 8.70. The molecule has 0 radical (unpaired) electrons. The summed E-state index contributed by atoms with van der Waals surface area (Å²) in [7, 11) is 0. The summed E-state index contributed by atoms with van der Waals surface area (Å²) in [6.45, 7) is 9.84. The average Bonchev–Trinajstić information content (AvgIpc) is 2.38. The molecule has 1 saturated heterocycles. The summed E-state index contributed by atoms with van der Waals surface area (Å²) in [6, 6.07) is 6.67. The number of nitrogens with zero attached hydrogens (tertiary/aromatic N) is 1. The Morgan fingerprint density at radius 1 is 1.28 bits per heavy atom. The van der Waals surface area contributed by atoms with Gasteiger partial charge in [-0.2, -0.15) is 0 Å².